The zero-order valence-electron chi connectivity index (χ0n) is 16.0. The molecule has 0 aliphatic carbocycles. The Labute approximate surface area is 165 Å². The molecular weight excluding hydrogens is 362 g/mol. The SMILES string of the molecule is Cc1nn(C)c(C)c1/C=C/C(=O)N1CCC[C@H](O)[C@@H]1Cc1ccc(Cl)cc1. The number of piperidine rings is 1. The number of aromatic nitrogens is 2. The summed E-state index contributed by atoms with van der Waals surface area (Å²) in [7, 11) is 1.89. The van der Waals surface area contributed by atoms with Crippen LogP contribution in [-0.4, -0.2) is 44.4 Å². The minimum atomic E-state index is -0.520. The molecule has 5 nitrogen and oxygen atoms in total. The molecule has 1 aromatic carbocycles. The molecule has 3 rings (SSSR count). The number of halogens is 1. The summed E-state index contributed by atoms with van der Waals surface area (Å²) in [6.45, 7) is 4.58. The van der Waals surface area contributed by atoms with E-state index in [1.807, 2.05) is 55.9 Å². The second-order valence-corrected chi connectivity index (χ2v) is 7.62. The maximum Gasteiger partial charge on any atom is 0.246 e. The van der Waals surface area contributed by atoms with Crippen molar-refractivity contribution in [2.75, 3.05) is 6.54 Å². The molecule has 0 bridgehead atoms. The first kappa shape index (κ1) is 19.6. The first-order valence-electron chi connectivity index (χ1n) is 9.28. The lowest BCUT2D eigenvalue weighted by molar-refractivity contribution is -0.133. The van der Waals surface area contributed by atoms with Crippen LogP contribution in [0, 0.1) is 13.8 Å². The van der Waals surface area contributed by atoms with Crippen LogP contribution in [0.2, 0.25) is 5.02 Å². The first-order chi connectivity index (χ1) is 12.9. The standard InChI is InChI=1S/C21H26ClN3O2/c1-14-18(15(2)24(3)23-14)10-11-21(27)25-12-4-5-20(26)19(25)13-16-6-8-17(22)9-7-16/h6-11,19-20,26H,4-5,12-13H2,1-3H3/b11-10+/t19-,20-/m0/s1. The van der Waals surface area contributed by atoms with E-state index in [-0.39, 0.29) is 11.9 Å². The fourth-order valence-corrected chi connectivity index (χ4v) is 3.83. The van der Waals surface area contributed by atoms with Crippen molar-refractivity contribution in [1.82, 2.24) is 14.7 Å². The Bertz CT molecular complexity index is 842. The predicted octanol–water partition coefficient (Wildman–Crippen LogP) is 3.30. The molecule has 1 fully saturated rings. The molecule has 1 aromatic heterocycles. The number of hydrogen-bond acceptors (Lipinski definition) is 3. The number of aliphatic hydroxyl groups is 1. The van der Waals surface area contributed by atoms with Crippen LogP contribution in [0.4, 0.5) is 0 Å². The van der Waals surface area contributed by atoms with E-state index in [0.717, 1.165) is 28.9 Å². The van der Waals surface area contributed by atoms with Gasteiger partial charge < -0.3 is 10.0 Å². The summed E-state index contributed by atoms with van der Waals surface area (Å²) in [5.74, 6) is -0.0737. The molecule has 2 heterocycles. The number of nitrogens with zero attached hydrogens (tertiary/aromatic N) is 3. The van der Waals surface area contributed by atoms with E-state index in [1.54, 1.807) is 11.0 Å². The van der Waals surface area contributed by atoms with Gasteiger partial charge in [-0.15, -0.1) is 0 Å². The fourth-order valence-electron chi connectivity index (χ4n) is 3.70. The monoisotopic (exact) mass is 387 g/mol. The molecule has 1 amide bonds. The Morgan fingerprint density at radius 1 is 1.33 bits per heavy atom. The molecule has 6 heteroatoms. The van der Waals surface area contributed by atoms with Gasteiger partial charge in [-0.2, -0.15) is 5.10 Å². The van der Waals surface area contributed by atoms with Gasteiger partial charge in [-0.05, 0) is 56.9 Å². The smallest absolute Gasteiger partial charge is 0.246 e. The van der Waals surface area contributed by atoms with Gasteiger partial charge in [0.25, 0.3) is 0 Å². The number of carbonyl (C=O) groups is 1. The van der Waals surface area contributed by atoms with Gasteiger partial charge in [-0.25, -0.2) is 0 Å². The summed E-state index contributed by atoms with van der Waals surface area (Å²) in [5.41, 5.74) is 3.95. The molecule has 1 aliphatic heterocycles. The molecule has 1 saturated heterocycles. The van der Waals surface area contributed by atoms with Crippen LogP contribution in [0.1, 0.15) is 35.4 Å². The molecule has 2 atom stereocenters. The first-order valence-corrected chi connectivity index (χ1v) is 9.66. The average molecular weight is 388 g/mol. The Morgan fingerprint density at radius 2 is 2.04 bits per heavy atom. The quantitative estimate of drug-likeness (QED) is 0.819. The third kappa shape index (κ3) is 4.42. The minimum absolute atomic E-state index is 0.0737. The zero-order valence-corrected chi connectivity index (χ0v) is 16.8. The molecule has 0 unspecified atom stereocenters. The van der Waals surface area contributed by atoms with Crippen LogP contribution in [0.3, 0.4) is 0 Å². The average Bonchev–Trinajstić information content (AvgIpc) is 2.88. The van der Waals surface area contributed by atoms with Crippen molar-refractivity contribution < 1.29 is 9.90 Å². The van der Waals surface area contributed by atoms with Gasteiger partial charge in [0.1, 0.15) is 0 Å². The van der Waals surface area contributed by atoms with Crippen LogP contribution in [0.5, 0.6) is 0 Å². The summed E-state index contributed by atoms with van der Waals surface area (Å²) in [4.78, 5) is 14.7. The third-order valence-corrected chi connectivity index (χ3v) is 5.59. The van der Waals surface area contributed by atoms with E-state index in [2.05, 4.69) is 5.10 Å². The van der Waals surface area contributed by atoms with Gasteiger partial charge in [0, 0.05) is 35.9 Å². The lowest BCUT2D eigenvalue weighted by Crippen LogP contribution is -2.51. The van der Waals surface area contributed by atoms with Gasteiger partial charge in [-0.1, -0.05) is 23.7 Å². The van der Waals surface area contributed by atoms with Gasteiger partial charge in [-0.3, -0.25) is 9.48 Å². The number of carbonyl (C=O) groups excluding carboxylic acids is 1. The lowest BCUT2D eigenvalue weighted by Gasteiger charge is -2.38. The molecular formula is C21H26ClN3O2. The van der Waals surface area contributed by atoms with Crippen LogP contribution >= 0.6 is 11.6 Å². The fraction of sp³-hybridized carbons (Fsp3) is 0.429. The Kier molecular flexibility index (Phi) is 6.02. The molecule has 2 aromatic rings. The number of likely N-dealkylation sites (tertiary alicyclic amines) is 1. The van der Waals surface area contributed by atoms with Crippen molar-refractivity contribution in [2.45, 2.75) is 45.3 Å². The lowest BCUT2D eigenvalue weighted by atomic mass is 9.93. The minimum Gasteiger partial charge on any atom is -0.391 e. The number of aryl methyl sites for hydroxylation is 2. The highest BCUT2D eigenvalue weighted by Gasteiger charge is 2.32. The van der Waals surface area contributed by atoms with Crippen molar-refractivity contribution in [3.8, 4) is 0 Å². The summed E-state index contributed by atoms with van der Waals surface area (Å²) in [5, 5.41) is 15.6. The van der Waals surface area contributed by atoms with Gasteiger partial charge in [0.15, 0.2) is 0 Å². The van der Waals surface area contributed by atoms with E-state index >= 15 is 0 Å². The maximum absolute atomic E-state index is 12.9. The van der Waals surface area contributed by atoms with Crippen molar-refractivity contribution in [3.63, 3.8) is 0 Å². The summed E-state index contributed by atoms with van der Waals surface area (Å²) < 4.78 is 1.81. The Balaban J connectivity index is 1.78. The maximum atomic E-state index is 12.9. The van der Waals surface area contributed by atoms with Crippen molar-refractivity contribution in [2.24, 2.45) is 7.05 Å². The number of aliphatic hydroxyl groups excluding tert-OH is 1. The van der Waals surface area contributed by atoms with Crippen molar-refractivity contribution >= 4 is 23.6 Å². The van der Waals surface area contributed by atoms with Gasteiger partial charge >= 0.3 is 0 Å². The highest BCUT2D eigenvalue weighted by atomic mass is 35.5. The van der Waals surface area contributed by atoms with Gasteiger partial charge in [0.05, 0.1) is 17.8 Å². The summed E-state index contributed by atoms with van der Waals surface area (Å²) in [6.07, 6.45) is 5.05. The molecule has 0 saturated carbocycles. The van der Waals surface area contributed by atoms with E-state index in [9.17, 15) is 9.90 Å². The highest BCUT2D eigenvalue weighted by molar-refractivity contribution is 6.30. The molecule has 1 N–H and O–H groups in total. The highest BCUT2D eigenvalue weighted by Crippen LogP contribution is 2.23. The van der Waals surface area contributed by atoms with Crippen molar-refractivity contribution in [1.29, 1.82) is 0 Å². The summed E-state index contributed by atoms with van der Waals surface area (Å²) in [6, 6.07) is 7.35. The van der Waals surface area contributed by atoms with Crippen LogP contribution in [0.15, 0.2) is 30.3 Å². The van der Waals surface area contributed by atoms with Crippen LogP contribution < -0.4 is 0 Å². The molecule has 0 radical (unpaired) electrons. The molecule has 0 spiro atoms. The number of rotatable bonds is 4. The topological polar surface area (TPSA) is 58.4 Å². The number of hydrogen-bond donors (Lipinski definition) is 1. The van der Waals surface area contributed by atoms with E-state index < -0.39 is 6.10 Å². The summed E-state index contributed by atoms with van der Waals surface area (Å²) >= 11 is 5.96. The molecule has 27 heavy (non-hydrogen) atoms. The Morgan fingerprint density at radius 3 is 2.67 bits per heavy atom. The zero-order chi connectivity index (χ0) is 19.6. The van der Waals surface area contributed by atoms with Crippen LogP contribution in [0.25, 0.3) is 6.08 Å². The van der Waals surface area contributed by atoms with Gasteiger partial charge in [0.2, 0.25) is 5.91 Å². The van der Waals surface area contributed by atoms with Crippen LogP contribution in [-0.2, 0) is 18.3 Å². The van der Waals surface area contributed by atoms with E-state index in [0.29, 0.717) is 24.4 Å². The largest absolute Gasteiger partial charge is 0.391 e. The normalized spacial score (nSPS) is 20.4. The van der Waals surface area contributed by atoms with E-state index in [4.69, 9.17) is 11.6 Å². The van der Waals surface area contributed by atoms with Crippen molar-refractivity contribution in [3.05, 3.63) is 57.9 Å². The second-order valence-electron chi connectivity index (χ2n) is 7.18. The molecule has 1 aliphatic rings. The predicted molar refractivity (Wildman–Crippen MR) is 108 cm³/mol. The number of benzene rings is 1. The van der Waals surface area contributed by atoms with E-state index in [1.165, 1.54) is 0 Å². The number of amides is 1. The molecule has 144 valence electrons. The second kappa shape index (κ2) is 8.28. The third-order valence-electron chi connectivity index (χ3n) is 5.34. The Hall–Kier alpha value is -2.11.